The van der Waals surface area contributed by atoms with Crippen LogP contribution in [-0.2, 0) is 14.3 Å². The predicted octanol–water partition coefficient (Wildman–Crippen LogP) is -1.08. The summed E-state index contributed by atoms with van der Waals surface area (Å²) in [5.41, 5.74) is 0. The second kappa shape index (κ2) is 10.8. The van der Waals surface area contributed by atoms with Crippen LogP contribution in [0.4, 0.5) is 0 Å². The van der Waals surface area contributed by atoms with Gasteiger partial charge in [0.1, 0.15) is 0 Å². The Balaban J connectivity index is 0.00000400. The lowest BCUT2D eigenvalue weighted by Crippen LogP contribution is -2.56. The standard InChI is InChI=1S/C13H26N4O3.ClH/c1-16(2)6-4-15-12(18)10-11-13(19)17(7-5-14-11)8-9-20-3;/h11,14H,4-10H2,1-3H3,(H,15,18);1H. The number of hydrogen-bond donors (Lipinski definition) is 2. The third kappa shape index (κ3) is 7.61. The molecule has 1 atom stereocenters. The molecule has 1 fully saturated rings. The van der Waals surface area contributed by atoms with Gasteiger partial charge in [-0.2, -0.15) is 0 Å². The Labute approximate surface area is 132 Å². The van der Waals surface area contributed by atoms with Crippen molar-refractivity contribution in [3.63, 3.8) is 0 Å². The highest BCUT2D eigenvalue weighted by molar-refractivity contribution is 5.88. The molecule has 1 aliphatic heterocycles. The van der Waals surface area contributed by atoms with E-state index in [2.05, 4.69) is 10.6 Å². The van der Waals surface area contributed by atoms with Gasteiger partial charge in [0.2, 0.25) is 11.8 Å². The molecule has 0 aromatic carbocycles. The van der Waals surface area contributed by atoms with E-state index in [1.807, 2.05) is 19.0 Å². The van der Waals surface area contributed by atoms with Crippen LogP contribution < -0.4 is 10.6 Å². The van der Waals surface area contributed by atoms with Crippen molar-refractivity contribution in [3.8, 4) is 0 Å². The van der Waals surface area contributed by atoms with Crippen LogP contribution in [0.15, 0.2) is 0 Å². The molecule has 1 rings (SSSR count). The summed E-state index contributed by atoms with van der Waals surface area (Å²) in [5, 5.41) is 5.93. The highest BCUT2D eigenvalue weighted by Crippen LogP contribution is 2.05. The number of halogens is 1. The molecule has 1 heterocycles. The first-order chi connectivity index (χ1) is 9.54. The van der Waals surface area contributed by atoms with Gasteiger partial charge in [-0.05, 0) is 14.1 Å². The summed E-state index contributed by atoms with van der Waals surface area (Å²) in [6.45, 7) is 3.87. The minimum absolute atomic E-state index is 0. The van der Waals surface area contributed by atoms with E-state index in [-0.39, 0.29) is 30.6 Å². The number of amides is 2. The van der Waals surface area contributed by atoms with Gasteiger partial charge < -0.3 is 25.2 Å². The molecule has 0 aromatic heterocycles. The first-order valence-corrected chi connectivity index (χ1v) is 6.97. The van der Waals surface area contributed by atoms with Crippen molar-refractivity contribution in [1.82, 2.24) is 20.4 Å². The normalized spacial score (nSPS) is 18.6. The van der Waals surface area contributed by atoms with E-state index < -0.39 is 6.04 Å². The number of hydrogen-bond acceptors (Lipinski definition) is 5. The largest absolute Gasteiger partial charge is 0.383 e. The van der Waals surface area contributed by atoms with Crippen LogP contribution in [0.3, 0.4) is 0 Å². The molecular formula is C13H27ClN4O3. The molecule has 1 aliphatic rings. The molecule has 1 saturated heterocycles. The van der Waals surface area contributed by atoms with Crippen LogP contribution in [0, 0.1) is 0 Å². The van der Waals surface area contributed by atoms with E-state index in [0.29, 0.717) is 32.8 Å². The Morgan fingerprint density at radius 1 is 1.52 bits per heavy atom. The summed E-state index contributed by atoms with van der Waals surface area (Å²) < 4.78 is 4.99. The number of rotatable bonds is 8. The van der Waals surface area contributed by atoms with Gasteiger partial charge in [0, 0.05) is 39.8 Å². The monoisotopic (exact) mass is 322 g/mol. The Hall–Kier alpha value is -0.890. The average molecular weight is 323 g/mol. The Morgan fingerprint density at radius 3 is 2.86 bits per heavy atom. The van der Waals surface area contributed by atoms with E-state index in [1.165, 1.54) is 0 Å². The maximum Gasteiger partial charge on any atom is 0.240 e. The van der Waals surface area contributed by atoms with Gasteiger partial charge in [0.15, 0.2) is 0 Å². The van der Waals surface area contributed by atoms with Gasteiger partial charge in [0.25, 0.3) is 0 Å². The molecule has 1 unspecified atom stereocenters. The number of nitrogens with zero attached hydrogens (tertiary/aromatic N) is 2. The maximum atomic E-state index is 12.2. The summed E-state index contributed by atoms with van der Waals surface area (Å²) in [6, 6.07) is -0.417. The van der Waals surface area contributed by atoms with E-state index in [0.717, 1.165) is 6.54 Å². The SMILES string of the molecule is COCCN1CCNC(CC(=O)NCCN(C)C)C1=O.Cl. The fourth-order valence-electron chi connectivity index (χ4n) is 2.05. The third-order valence-electron chi connectivity index (χ3n) is 3.22. The van der Waals surface area contributed by atoms with Crippen LogP contribution in [0.1, 0.15) is 6.42 Å². The summed E-state index contributed by atoms with van der Waals surface area (Å²) >= 11 is 0. The summed E-state index contributed by atoms with van der Waals surface area (Å²) in [4.78, 5) is 27.7. The summed E-state index contributed by atoms with van der Waals surface area (Å²) in [7, 11) is 5.51. The number of ether oxygens (including phenoxy) is 1. The van der Waals surface area contributed by atoms with Gasteiger partial charge in [0.05, 0.1) is 19.1 Å². The van der Waals surface area contributed by atoms with E-state index in [4.69, 9.17) is 4.74 Å². The van der Waals surface area contributed by atoms with Crippen molar-refractivity contribution >= 4 is 24.2 Å². The van der Waals surface area contributed by atoms with Crippen LogP contribution in [0.5, 0.6) is 0 Å². The molecule has 8 heteroatoms. The summed E-state index contributed by atoms with van der Waals surface area (Å²) in [5.74, 6) is -0.109. The van der Waals surface area contributed by atoms with Crippen LogP contribution in [0.25, 0.3) is 0 Å². The first kappa shape index (κ1) is 20.1. The molecular weight excluding hydrogens is 296 g/mol. The lowest BCUT2D eigenvalue weighted by molar-refractivity contribution is -0.138. The smallest absolute Gasteiger partial charge is 0.240 e. The number of nitrogens with one attached hydrogen (secondary N) is 2. The first-order valence-electron chi connectivity index (χ1n) is 6.97. The molecule has 0 spiro atoms. The summed E-state index contributed by atoms with van der Waals surface area (Å²) in [6.07, 6.45) is 0.190. The van der Waals surface area contributed by atoms with Gasteiger partial charge in [-0.15, -0.1) is 12.4 Å². The zero-order chi connectivity index (χ0) is 15.0. The molecule has 124 valence electrons. The Bertz CT molecular complexity index is 329. The second-order valence-electron chi connectivity index (χ2n) is 5.18. The minimum Gasteiger partial charge on any atom is -0.383 e. The average Bonchev–Trinajstić information content (AvgIpc) is 2.39. The number of carbonyl (C=O) groups is 2. The van der Waals surface area contributed by atoms with Gasteiger partial charge in [-0.25, -0.2) is 0 Å². The highest BCUT2D eigenvalue weighted by Gasteiger charge is 2.29. The van der Waals surface area contributed by atoms with Crippen LogP contribution in [0.2, 0.25) is 0 Å². The molecule has 0 radical (unpaired) electrons. The van der Waals surface area contributed by atoms with Crippen LogP contribution >= 0.6 is 12.4 Å². The molecule has 2 amide bonds. The Kier molecular flexibility index (Phi) is 10.3. The third-order valence-corrected chi connectivity index (χ3v) is 3.22. The topological polar surface area (TPSA) is 73.9 Å². The second-order valence-corrected chi connectivity index (χ2v) is 5.18. The molecule has 0 bridgehead atoms. The fourth-order valence-corrected chi connectivity index (χ4v) is 2.05. The van der Waals surface area contributed by atoms with Gasteiger partial charge in [-0.3, -0.25) is 9.59 Å². The van der Waals surface area contributed by atoms with E-state index >= 15 is 0 Å². The molecule has 2 N–H and O–H groups in total. The maximum absolute atomic E-state index is 12.2. The van der Waals surface area contributed by atoms with Crippen molar-refractivity contribution in [2.24, 2.45) is 0 Å². The molecule has 21 heavy (non-hydrogen) atoms. The zero-order valence-electron chi connectivity index (χ0n) is 13.1. The highest BCUT2D eigenvalue weighted by atomic mass is 35.5. The zero-order valence-corrected chi connectivity index (χ0v) is 13.9. The van der Waals surface area contributed by atoms with E-state index in [1.54, 1.807) is 12.0 Å². The lowest BCUT2D eigenvalue weighted by atomic mass is 10.1. The van der Waals surface area contributed by atoms with Crippen molar-refractivity contribution < 1.29 is 14.3 Å². The van der Waals surface area contributed by atoms with Crippen molar-refractivity contribution in [1.29, 1.82) is 0 Å². The molecule has 7 nitrogen and oxygen atoms in total. The molecule has 0 aliphatic carbocycles. The van der Waals surface area contributed by atoms with E-state index in [9.17, 15) is 9.59 Å². The number of carbonyl (C=O) groups excluding carboxylic acids is 2. The fraction of sp³-hybridized carbons (Fsp3) is 0.846. The van der Waals surface area contributed by atoms with Gasteiger partial charge in [-0.1, -0.05) is 0 Å². The molecule has 0 aromatic rings. The van der Waals surface area contributed by atoms with Crippen LogP contribution in [-0.4, -0.2) is 88.2 Å². The Morgan fingerprint density at radius 2 is 2.24 bits per heavy atom. The van der Waals surface area contributed by atoms with Crippen molar-refractivity contribution in [3.05, 3.63) is 0 Å². The van der Waals surface area contributed by atoms with Crippen molar-refractivity contribution in [2.45, 2.75) is 12.5 Å². The van der Waals surface area contributed by atoms with Crippen molar-refractivity contribution in [2.75, 3.05) is 60.5 Å². The predicted molar refractivity (Wildman–Crippen MR) is 83.7 cm³/mol. The quantitative estimate of drug-likeness (QED) is 0.595. The number of piperazine rings is 1. The number of methoxy groups -OCH3 is 1. The lowest BCUT2D eigenvalue weighted by Gasteiger charge is -2.32. The van der Waals surface area contributed by atoms with Gasteiger partial charge >= 0.3 is 0 Å². The molecule has 0 saturated carbocycles. The number of likely N-dealkylation sites (N-methyl/N-ethyl adjacent to an activating group) is 1. The minimum atomic E-state index is -0.417.